The van der Waals surface area contributed by atoms with E-state index < -0.39 is 0 Å². The number of hydrogen-bond acceptors (Lipinski definition) is 7. The molecule has 0 aliphatic rings. The topological polar surface area (TPSA) is 145 Å². The van der Waals surface area contributed by atoms with Gasteiger partial charge in [-0.2, -0.15) is 15.1 Å². The van der Waals surface area contributed by atoms with E-state index in [9.17, 15) is 5.11 Å². The highest BCUT2D eigenvalue weighted by Gasteiger charge is 2.22. The van der Waals surface area contributed by atoms with E-state index in [0.29, 0.717) is 28.9 Å². The molecular formula is C17H20N8O. The van der Waals surface area contributed by atoms with Gasteiger partial charge in [0.2, 0.25) is 5.95 Å². The van der Waals surface area contributed by atoms with Gasteiger partial charge in [-0.05, 0) is 17.5 Å². The third kappa shape index (κ3) is 2.67. The first-order valence-corrected chi connectivity index (χ1v) is 8.19. The van der Waals surface area contributed by atoms with Crippen LogP contribution in [-0.2, 0) is 6.54 Å². The first-order valence-electron chi connectivity index (χ1n) is 8.19. The molecule has 26 heavy (non-hydrogen) atoms. The Bertz CT molecular complexity index is 1140. The maximum Gasteiger partial charge on any atom is 0.224 e. The van der Waals surface area contributed by atoms with Gasteiger partial charge in [0.1, 0.15) is 22.9 Å². The predicted octanol–water partition coefficient (Wildman–Crippen LogP) is 2.29. The van der Waals surface area contributed by atoms with Gasteiger partial charge in [-0.15, -0.1) is 0 Å². The molecule has 0 fully saturated rings. The lowest BCUT2D eigenvalue weighted by Gasteiger charge is -2.18. The van der Waals surface area contributed by atoms with Crippen LogP contribution in [0.3, 0.4) is 0 Å². The first kappa shape index (κ1) is 16.1. The average molecular weight is 352 g/mol. The van der Waals surface area contributed by atoms with Gasteiger partial charge in [-0.1, -0.05) is 20.8 Å². The zero-order valence-corrected chi connectivity index (χ0v) is 14.8. The van der Waals surface area contributed by atoms with Crippen molar-refractivity contribution in [2.45, 2.75) is 27.3 Å². The van der Waals surface area contributed by atoms with E-state index in [0.717, 1.165) is 11.1 Å². The van der Waals surface area contributed by atoms with Crippen molar-refractivity contribution in [1.29, 1.82) is 0 Å². The molecule has 0 bridgehead atoms. The highest BCUT2D eigenvalue weighted by atomic mass is 16.3. The Balaban J connectivity index is 1.99. The minimum absolute atomic E-state index is 0.0154. The summed E-state index contributed by atoms with van der Waals surface area (Å²) in [6.45, 7) is 6.98. The number of fused-ring (bicyclic) bond motifs is 2. The number of nitrogens with one attached hydrogen (secondary N) is 1. The normalized spacial score (nSPS) is 12.3. The molecule has 0 atom stereocenters. The molecule has 9 heteroatoms. The van der Waals surface area contributed by atoms with Crippen LogP contribution in [0.5, 0.6) is 5.75 Å². The number of anilines is 2. The number of H-pyrrole nitrogens is 1. The van der Waals surface area contributed by atoms with Gasteiger partial charge in [0.05, 0.1) is 17.3 Å². The highest BCUT2D eigenvalue weighted by Crippen LogP contribution is 2.33. The van der Waals surface area contributed by atoms with E-state index in [2.05, 4.69) is 40.7 Å². The largest absolute Gasteiger partial charge is 0.506 e. The van der Waals surface area contributed by atoms with Crippen LogP contribution in [0.15, 0.2) is 18.3 Å². The first-order chi connectivity index (χ1) is 12.2. The number of aromatic hydroxyl groups is 1. The van der Waals surface area contributed by atoms with Crippen molar-refractivity contribution in [1.82, 2.24) is 29.7 Å². The van der Waals surface area contributed by atoms with Crippen LogP contribution in [-0.4, -0.2) is 34.8 Å². The third-order valence-electron chi connectivity index (χ3n) is 3.97. The van der Waals surface area contributed by atoms with Crippen LogP contribution >= 0.6 is 0 Å². The lowest BCUT2D eigenvalue weighted by molar-refractivity contribution is 0.330. The van der Waals surface area contributed by atoms with Crippen LogP contribution in [0.25, 0.3) is 33.5 Å². The zero-order chi connectivity index (χ0) is 18.6. The quantitative estimate of drug-likeness (QED) is 0.433. The molecule has 0 spiro atoms. The molecular weight excluding hydrogens is 332 g/mol. The summed E-state index contributed by atoms with van der Waals surface area (Å²) in [5.74, 6) is 0.485. The molecule has 9 nitrogen and oxygen atoms in total. The fraction of sp³-hybridized carbons (Fsp3) is 0.294. The standard InChI is InChI=1S/C17H20N8O/c1-17(2,3)7-25-15-11(13(18)22-16(19)23-15)12(24-25)10-5-8-4-9(26)6-20-14(8)21-10/h4-6,26H,7H2,1-3H3,(H,20,21)(H4,18,19,22,23). The van der Waals surface area contributed by atoms with Crippen molar-refractivity contribution in [3.63, 3.8) is 0 Å². The van der Waals surface area contributed by atoms with Gasteiger partial charge in [-0.3, -0.25) is 0 Å². The van der Waals surface area contributed by atoms with Gasteiger partial charge in [0.15, 0.2) is 5.65 Å². The van der Waals surface area contributed by atoms with Gasteiger partial charge in [0, 0.05) is 11.9 Å². The maximum atomic E-state index is 9.64. The van der Waals surface area contributed by atoms with Crippen LogP contribution in [0.2, 0.25) is 0 Å². The summed E-state index contributed by atoms with van der Waals surface area (Å²) in [4.78, 5) is 15.8. The summed E-state index contributed by atoms with van der Waals surface area (Å²) in [5.41, 5.74) is 14.5. The molecule has 4 rings (SSSR count). The smallest absolute Gasteiger partial charge is 0.224 e. The van der Waals surface area contributed by atoms with E-state index in [1.54, 1.807) is 10.7 Å². The predicted molar refractivity (Wildman–Crippen MR) is 100 cm³/mol. The van der Waals surface area contributed by atoms with Crippen molar-refractivity contribution in [2.75, 3.05) is 11.5 Å². The number of nitrogens with zero attached hydrogens (tertiary/aromatic N) is 5. The van der Waals surface area contributed by atoms with Gasteiger partial charge in [0.25, 0.3) is 0 Å². The van der Waals surface area contributed by atoms with E-state index in [1.807, 2.05) is 6.07 Å². The van der Waals surface area contributed by atoms with Gasteiger partial charge in [-0.25, -0.2) is 9.67 Å². The van der Waals surface area contributed by atoms with Crippen molar-refractivity contribution < 1.29 is 5.11 Å². The summed E-state index contributed by atoms with van der Waals surface area (Å²) in [6, 6.07) is 3.50. The van der Waals surface area contributed by atoms with E-state index in [1.165, 1.54) is 6.20 Å². The third-order valence-corrected chi connectivity index (χ3v) is 3.97. The fourth-order valence-electron chi connectivity index (χ4n) is 2.99. The molecule has 0 aromatic carbocycles. The Labute approximate surface area is 149 Å². The second kappa shape index (κ2) is 5.32. The molecule has 0 aliphatic carbocycles. The number of nitrogens with two attached hydrogens (primary N) is 2. The maximum absolute atomic E-state index is 9.64. The SMILES string of the molecule is CC(C)(C)Cn1nc(-c2cc3cc(O)cnc3[nH]2)c2c(N)nc(N)nc21. The monoisotopic (exact) mass is 352 g/mol. The molecule has 0 aliphatic heterocycles. The molecule has 4 aromatic rings. The Hall–Kier alpha value is -3.36. The van der Waals surface area contributed by atoms with Crippen molar-refractivity contribution in [3.05, 3.63) is 18.3 Å². The molecule has 0 saturated carbocycles. The van der Waals surface area contributed by atoms with Crippen LogP contribution in [0.4, 0.5) is 11.8 Å². The molecule has 4 heterocycles. The minimum atomic E-state index is -0.0154. The zero-order valence-electron chi connectivity index (χ0n) is 14.8. The second-order valence-electron chi connectivity index (χ2n) is 7.55. The summed E-state index contributed by atoms with van der Waals surface area (Å²) in [7, 11) is 0. The lowest BCUT2D eigenvalue weighted by atomic mass is 9.97. The molecule has 0 radical (unpaired) electrons. The molecule has 0 unspecified atom stereocenters. The number of hydrogen-bond donors (Lipinski definition) is 4. The second-order valence-corrected chi connectivity index (χ2v) is 7.55. The Kier molecular flexibility index (Phi) is 3.30. The highest BCUT2D eigenvalue weighted by molar-refractivity contribution is 6.00. The van der Waals surface area contributed by atoms with Gasteiger partial charge >= 0.3 is 0 Å². The number of aromatic amines is 1. The van der Waals surface area contributed by atoms with E-state index in [4.69, 9.17) is 16.6 Å². The van der Waals surface area contributed by atoms with Crippen molar-refractivity contribution >= 4 is 33.8 Å². The van der Waals surface area contributed by atoms with Crippen molar-refractivity contribution in [3.8, 4) is 17.1 Å². The van der Waals surface area contributed by atoms with Crippen molar-refractivity contribution in [2.24, 2.45) is 5.41 Å². The summed E-state index contributed by atoms with van der Waals surface area (Å²) in [6.07, 6.45) is 1.39. The molecule has 134 valence electrons. The van der Waals surface area contributed by atoms with E-state index in [-0.39, 0.29) is 22.9 Å². The summed E-state index contributed by atoms with van der Waals surface area (Å²) < 4.78 is 1.80. The number of pyridine rings is 1. The van der Waals surface area contributed by atoms with Gasteiger partial charge < -0.3 is 21.6 Å². The van der Waals surface area contributed by atoms with Crippen LogP contribution in [0.1, 0.15) is 20.8 Å². The molecule has 6 N–H and O–H groups in total. The Morgan fingerprint density at radius 3 is 2.69 bits per heavy atom. The number of rotatable bonds is 2. The lowest BCUT2D eigenvalue weighted by Crippen LogP contribution is -2.17. The fourth-order valence-corrected chi connectivity index (χ4v) is 2.99. The van der Waals surface area contributed by atoms with E-state index >= 15 is 0 Å². The molecule has 0 saturated heterocycles. The number of nitrogen functional groups attached to an aromatic ring is 2. The summed E-state index contributed by atoms with van der Waals surface area (Å²) >= 11 is 0. The Morgan fingerprint density at radius 2 is 1.96 bits per heavy atom. The van der Waals surface area contributed by atoms with Crippen LogP contribution < -0.4 is 11.5 Å². The Morgan fingerprint density at radius 1 is 1.19 bits per heavy atom. The minimum Gasteiger partial charge on any atom is -0.506 e. The molecule has 0 amide bonds. The number of aromatic nitrogens is 6. The average Bonchev–Trinajstić information content (AvgIpc) is 3.07. The van der Waals surface area contributed by atoms with Crippen LogP contribution in [0, 0.1) is 5.41 Å². The molecule has 4 aromatic heterocycles. The summed E-state index contributed by atoms with van der Waals surface area (Å²) in [5, 5.41) is 15.8.